The molecule has 1 atom stereocenters. The lowest BCUT2D eigenvalue weighted by atomic mass is 10.1. The van der Waals surface area contributed by atoms with Crippen LogP contribution >= 0.6 is 11.6 Å². The number of carbonyl (C=O) groups is 1. The van der Waals surface area contributed by atoms with E-state index in [1.807, 2.05) is 13.0 Å². The Bertz CT molecular complexity index is 681. The summed E-state index contributed by atoms with van der Waals surface area (Å²) >= 11 is 6.00. The van der Waals surface area contributed by atoms with Gasteiger partial charge in [-0.2, -0.15) is 0 Å². The summed E-state index contributed by atoms with van der Waals surface area (Å²) in [6, 6.07) is 6.15. The molecule has 1 amide bonds. The van der Waals surface area contributed by atoms with E-state index in [1.54, 1.807) is 11.0 Å². The van der Waals surface area contributed by atoms with Gasteiger partial charge in [-0.1, -0.05) is 22.8 Å². The summed E-state index contributed by atoms with van der Waals surface area (Å²) in [6.07, 6.45) is 1.67. The summed E-state index contributed by atoms with van der Waals surface area (Å²) in [7, 11) is 0. The third kappa shape index (κ3) is 2.86. The van der Waals surface area contributed by atoms with Crippen LogP contribution in [0.3, 0.4) is 0 Å². The minimum Gasteiger partial charge on any atom is -0.359 e. The molecule has 1 aromatic carbocycles. The Morgan fingerprint density at radius 3 is 3.05 bits per heavy atom. The van der Waals surface area contributed by atoms with Crippen molar-refractivity contribution in [2.24, 2.45) is 0 Å². The van der Waals surface area contributed by atoms with Crippen LogP contribution in [0, 0.1) is 12.7 Å². The molecule has 2 aromatic rings. The van der Waals surface area contributed by atoms with Crippen molar-refractivity contribution in [1.82, 2.24) is 10.1 Å². The zero-order chi connectivity index (χ0) is 15.7. The van der Waals surface area contributed by atoms with Crippen LogP contribution in [0.5, 0.6) is 0 Å². The highest BCUT2D eigenvalue weighted by molar-refractivity contribution is 6.31. The first-order valence-corrected chi connectivity index (χ1v) is 7.59. The number of hydrogen-bond donors (Lipinski definition) is 0. The molecule has 0 N–H and O–H groups in total. The molecular weight excluding hydrogens is 307 g/mol. The standard InChI is InChI=1S/C16H16ClFN2O2/c1-10-8-15(22-19-10)14-6-3-7-20(14)16(21)9-11-12(17)4-2-5-13(11)18/h2,4-5,8,14H,3,6-7,9H2,1H3/t14-/m0/s1. The number of nitrogens with zero attached hydrogens (tertiary/aromatic N) is 2. The number of aryl methyl sites for hydroxylation is 1. The maximum Gasteiger partial charge on any atom is 0.227 e. The van der Waals surface area contributed by atoms with E-state index in [0.29, 0.717) is 12.3 Å². The third-order valence-electron chi connectivity index (χ3n) is 3.94. The summed E-state index contributed by atoms with van der Waals surface area (Å²) in [6.45, 7) is 2.47. The molecule has 0 radical (unpaired) electrons. The second-order valence-corrected chi connectivity index (χ2v) is 5.90. The molecular formula is C16H16ClFN2O2. The van der Waals surface area contributed by atoms with Gasteiger partial charge in [0.15, 0.2) is 5.76 Å². The zero-order valence-corrected chi connectivity index (χ0v) is 12.9. The molecule has 0 saturated carbocycles. The second kappa shape index (κ2) is 6.08. The number of benzene rings is 1. The Labute approximate surface area is 132 Å². The Morgan fingerprint density at radius 1 is 1.55 bits per heavy atom. The lowest BCUT2D eigenvalue weighted by Gasteiger charge is -2.23. The molecule has 1 saturated heterocycles. The molecule has 0 aliphatic carbocycles. The largest absolute Gasteiger partial charge is 0.359 e. The molecule has 0 spiro atoms. The topological polar surface area (TPSA) is 46.3 Å². The van der Waals surface area contributed by atoms with Gasteiger partial charge in [-0.3, -0.25) is 4.79 Å². The molecule has 3 rings (SSSR count). The van der Waals surface area contributed by atoms with Gasteiger partial charge in [0, 0.05) is 23.2 Å². The van der Waals surface area contributed by atoms with Crippen LogP contribution in [0.1, 0.15) is 35.9 Å². The average molecular weight is 323 g/mol. The highest BCUT2D eigenvalue weighted by Gasteiger charge is 2.33. The predicted octanol–water partition coefficient (Wildman–Crippen LogP) is 3.68. The smallest absolute Gasteiger partial charge is 0.227 e. The molecule has 0 unspecified atom stereocenters. The van der Waals surface area contributed by atoms with Crippen molar-refractivity contribution < 1.29 is 13.7 Å². The lowest BCUT2D eigenvalue weighted by molar-refractivity contribution is -0.131. The van der Waals surface area contributed by atoms with Crippen molar-refractivity contribution in [3.05, 3.63) is 52.1 Å². The van der Waals surface area contributed by atoms with Gasteiger partial charge in [-0.25, -0.2) is 4.39 Å². The molecule has 1 aliphatic rings. The minimum atomic E-state index is -0.452. The van der Waals surface area contributed by atoms with Gasteiger partial charge < -0.3 is 9.42 Å². The average Bonchev–Trinajstić information content (AvgIpc) is 3.11. The van der Waals surface area contributed by atoms with E-state index in [4.69, 9.17) is 16.1 Å². The van der Waals surface area contributed by atoms with Gasteiger partial charge in [0.05, 0.1) is 18.2 Å². The van der Waals surface area contributed by atoms with Crippen LogP contribution < -0.4 is 0 Å². The van der Waals surface area contributed by atoms with Crippen molar-refractivity contribution >= 4 is 17.5 Å². The van der Waals surface area contributed by atoms with Gasteiger partial charge in [0.25, 0.3) is 0 Å². The van der Waals surface area contributed by atoms with Crippen LogP contribution in [0.2, 0.25) is 5.02 Å². The Kier molecular flexibility index (Phi) is 4.16. The van der Waals surface area contributed by atoms with Gasteiger partial charge in [0.1, 0.15) is 5.82 Å². The number of carbonyl (C=O) groups excluding carboxylic acids is 1. The van der Waals surface area contributed by atoms with Crippen molar-refractivity contribution in [3.63, 3.8) is 0 Å². The maximum atomic E-state index is 13.8. The van der Waals surface area contributed by atoms with Crippen molar-refractivity contribution in [3.8, 4) is 0 Å². The zero-order valence-electron chi connectivity index (χ0n) is 12.2. The van der Waals surface area contributed by atoms with E-state index in [9.17, 15) is 9.18 Å². The highest BCUT2D eigenvalue weighted by Crippen LogP contribution is 2.33. The predicted molar refractivity (Wildman–Crippen MR) is 80.0 cm³/mol. The van der Waals surface area contributed by atoms with Gasteiger partial charge >= 0.3 is 0 Å². The highest BCUT2D eigenvalue weighted by atomic mass is 35.5. The van der Waals surface area contributed by atoms with Crippen molar-refractivity contribution in [2.75, 3.05) is 6.54 Å². The molecule has 116 valence electrons. The molecule has 2 heterocycles. The Hall–Kier alpha value is -1.88. The number of halogens is 2. The first-order chi connectivity index (χ1) is 10.6. The summed E-state index contributed by atoms with van der Waals surface area (Å²) in [5, 5.41) is 4.15. The van der Waals surface area contributed by atoms with E-state index in [2.05, 4.69) is 5.16 Å². The molecule has 4 nitrogen and oxygen atoms in total. The molecule has 22 heavy (non-hydrogen) atoms. The van der Waals surface area contributed by atoms with Gasteiger partial charge in [-0.15, -0.1) is 0 Å². The quantitative estimate of drug-likeness (QED) is 0.866. The van der Waals surface area contributed by atoms with Crippen LogP contribution in [0.25, 0.3) is 0 Å². The third-order valence-corrected chi connectivity index (χ3v) is 4.29. The summed E-state index contributed by atoms with van der Waals surface area (Å²) in [5.41, 5.74) is 1.03. The summed E-state index contributed by atoms with van der Waals surface area (Å²) in [5.74, 6) is 0.0821. The SMILES string of the molecule is Cc1cc([C@@H]2CCCN2C(=O)Cc2c(F)cccc2Cl)on1. The van der Waals surface area contributed by atoms with Crippen LogP contribution in [-0.2, 0) is 11.2 Å². The van der Waals surface area contributed by atoms with Crippen LogP contribution in [0.15, 0.2) is 28.8 Å². The normalized spacial score (nSPS) is 18.0. The van der Waals surface area contributed by atoms with Gasteiger partial charge in [0.2, 0.25) is 5.91 Å². The Balaban J connectivity index is 1.79. The number of hydrogen-bond acceptors (Lipinski definition) is 3. The number of likely N-dealkylation sites (tertiary alicyclic amines) is 1. The first-order valence-electron chi connectivity index (χ1n) is 7.22. The maximum absolute atomic E-state index is 13.8. The fourth-order valence-corrected chi connectivity index (χ4v) is 3.09. The van der Waals surface area contributed by atoms with E-state index < -0.39 is 5.82 Å². The van der Waals surface area contributed by atoms with E-state index >= 15 is 0 Å². The van der Waals surface area contributed by atoms with Crippen LogP contribution in [-0.4, -0.2) is 22.5 Å². The lowest BCUT2D eigenvalue weighted by Crippen LogP contribution is -2.32. The number of rotatable bonds is 3. The van der Waals surface area contributed by atoms with E-state index in [-0.39, 0.29) is 29.0 Å². The van der Waals surface area contributed by atoms with Crippen molar-refractivity contribution in [1.29, 1.82) is 0 Å². The van der Waals surface area contributed by atoms with Crippen molar-refractivity contribution in [2.45, 2.75) is 32.2 Å². The molecule has 0 bridgehead atoms. The first kappa shape index (κ1) is 15.0. The number of aromatic nitrogens is 1. The summed E-state index contributed by atoms with van der Waals surface area (Å²) in [4.78, 5) is 14.3. The molecule has 1 aliphatic heterocycles. The summed E-state index contributed by atoms with van der Waals surface area (Å²) < 4.78 is 19.1. The van der Waals surface area contributed by atoms with Crippen LogP contribution in [0.4, 0.5) is 4.39 Å². The second-order valence-electron chi connectivity index (χ2n) is 5.49. The monoisotopic (exact) mass is 322 g/mol. The Morgan fingerprint density at radius 2 is 2.36 bits per heavy atom. The van der Waals surface area contributed by atoms with E-state index in [1.165, 1.54) is 12.1 Å². The van der Waals surface area contributed by atoms with Gasteiger partial charge in [-0.05, 0) is 31.9 Å². The fraction of sp³-hybridized carbons (Fsp3) is 0.375. The minimum absolute atomic E-state index is 0.0465. The number of amides is 1. The van der Waals surface area contributed by atoms with E-state index in [0.717, 1.165) is 18.5 Å². The fourth-order valence-electron chi connectivity index (χ4n) is 2.86. The molecule has 1 fully saturated rings. The molecule has 6 heteroatoms. The molecule has 1 aromatic heterocycles.